The highest BCUT2D eigenvalue weighted by molar-refractivity contribution is 6.31. The molecule has 1 aliphatic carbocycles. The van der Waals surface area contributed by atoms with Crippen molar-refractivity contribution in [2.75, 3.05) is 18.5 Å². The molecule has 0 saturated heterocycles. The number of nitrogens with one attached hydrogen (secondary N) is 2. The maximum absolute atomic E-state index is 11.9. The number of carbonyl (C=O) groups is 1. The van der Waals surface area contributed by atoms with Crippen molar-refractivity contribution >= 4 is 23.2 Å². The molecule has 0 spiro atoms. The number of aliphatic hydroxyl groups is 1. The van der Waals surface area contributed by atoms with Crippen molar-refractivity contribution in [3.8, 4) is 0 Å². The summed E-state index contributed by atoms with van der Waals surface area (Å²) in [5.41, 5.74) is 2.75. The van der Waals surface area contributed by atoms with Crippen LogP contribution in [0, 0.1) is 0 Å². The maximum atomic E-state index is 11.9. The molecule has 1 saturated carbocycles. The number of halogens is 1. The first-order valence-corrected chi connectivity index (χ1v) is 8.55. The van der Waals surface area contributed by atoms with E-state index in [2.05, 4.69) is 16.7 Å². The highest BCUT2D eigenvalue weighted by atomic mass is 35.5. The van der Waals surface area contributed by atoms with Crippen molar-refractivity contribution in [1.29, 1.82) is 0 Å². The summed E-state index contributed by atoms with van der Waals surface area (Å²) < 4.78 is 0. The molecular weight excluding hydrogens is 324 g/mol. The summed E-state index contributed by atoms with van der Waals surface area (Å²) in [5, 5.41) is 15.8. The normalized spacial score (nSPS) is 19.4. The quantitative estimate of drug-likeness (QED) is 0.752. The van der Waals surface area contributed by atoms with Crippen molar-refractivity contribution in [1.82, 2.24) is 5.32 Å². The van der Waals surface area contributed by atoms with E-state index in [4.69, 9.17) is 16.7 Å². The molecule has 0 heterocycles. The van der Waals surface area contributed by atoms with Gasteiger partial charge in [-0.05, 0) is 48.6 Å². The molecule has 0 bridgehead atoms. The minimum atomic E-state index is -0.171. The Morgan fingerprint density at radius 1 is 1.17 bits per heavy atom. The third-order valence-electron chi connectivity index (χ3n) is 4.38. The van der Waals surface area contributed by atoms with E-state index in [9.17, 15) is 4.79 Å². The Labute approximate surface area is 146 Å². The van der Waals surface area contributed by atoms with Gasteiger partial charge in [0.2, 0.25) is 0 Å². The first kappa shape index (κ1) is 16.8. The van der Waals surface area contributed by atoms with Gasteiger partial charge in [0.25, 0.3) is 5.91 Å². The number of anilines is 1. The van der Waals surface area contributed by atoms with E-state index < -0.39 is 0 Å². The van der Waals surface area contributed by atoms with Crippen LogP contribution in [0.5, 0.6) is 0 Å². The van der Waals surface area contributed by atoms with Crippen molar-refractivity contribution in [2.24, 2.45) is 0 Å². The molecule has 0 radical (unpaired) electrons. The van der Waals surface area contributed by atoms with Gasteiger partial charge in [-0.3, -0.25) is 4.79 Å². The summed E-state index contributed by atoms with van der Waals surface area (Å²) in [6, 6.07) is 15.8. The van der Waals surface area contributed by atoms with Crippen LogP contribution < -0.4 is 10.6 Å². The highest BCUT2D eigenvalue weighted by Gasteiger charge is 2.31. The molecule has 24 heavy (non-hydrogen) atoms. The SMILES string of the molecule is O=C(NCCO)c1cccc(NC2CC(c3ccccc3Cl)C2)c1. The standard InChI is InChI=1S/C19H21ClN2O2/c20-18-7-2-1-6-17(18)14-11-16(12-14)22-15-5-3-4-13(10-15)19(24)21-8-9-23/h1-7,10,14,16,22-23H,8-9,11-12H2,(H,21,24). The summed E-state index contributed by atoms with van der Waals surface area (Å²) in [4.78, 5) is 11.9. The maximum Gasteiger partial charge on any atom is 0.251 e. The molecule has 2 aromatic carbocycles. The van der Waals surface area contributed by atoms with Gasteiger partial charge in [0.1, 0.15) is 0 Å². The van der Waals surface area contributed by atoms with Crippen LogP contribution in [0.1, 0.15) is 34.7 Å². The van der Waals surface area contributed by atoms with E-state index in [0.29, 0.717) is 17.5 Å². The third kappa shape index (κ3) is 3.89. The lowest BCUT2D eigenvalue weighted by Gasteiger charge is -2.37. The summed E-state index contributed by atoms with van der Waals surface area (Å²) in [6.07, 6.45) is 2.06. The lowest BCUT2D eigenvalue weighted by Crippen LogP contribution is -2.34. The number of carbonyl (C=O) groups excluding carboxylic acids is 1. The molecule has 0 aromatic heterocycles. The average Bonchev–Trinajstić information content (AvgIpc) is 2.57. The van der Waals surface area contributed by atoms with Crippen LogP contribution in [0.25, 0.3) is 0 Å². The van der Waals surface area contributed by atoms with Crippen LogP contribution >= 0.6 is 11.6 Å². The largest absolute Gasteiger partial charge is 0.395 e. The van der Waals surface area contributed by atoms with Crippen molar-refractivity contribution in [2.45, 2.75) is 24.8 Å². The predicted octanol–water partition coefficient (Wildman–Crippen LogP) is 3.42. The average molecular weight is 345 g/mol. The van der Waals surface area contributed by atoms with E-state index in [0.717, 1.165) is 23.6 Å². The molecular formula is C19H21ClN2O2. The molecule has 2 aromatic rings. The molecule has 3 N–H and O–H groups in total. The Bertz CT molecular complexity index is 714. The van der Waals surface area contributed by atoms with Crippen LogP contribution in [-0.2, 0) is 0 Å². The van der Waals surface area contributed by atoms with E-state index in [1.165, 1.54) is 5.56 Å². The predicted molar refractivity (Wildman–Crippen MR) is 96.7 cm³/mol. The van der Waals surface area contributed by atoms with Gasteiger partial charge in [0.05, 0.1) is 6.61 Å². The third-order valence-corrected chi connectivity index (χ3v) is 4.72. The van der Waals surface area contributed by atoms with Crippen LogP contribution in [0.15, 0.2) is 48.5 Å². The Kier molecular flexibility index (Phi) is 5.38. The molecule has 1 fully saturated rings. The topological polar surface area (TPSA) is 61.4 Å². The van der Waals surface area contributed by atoms with Crippen molar-refractivity contribution in [3.63, 3.8) is 0 Å². The van der Waals surface area contributed by atoms with Crippen LogP contribution in [0.2, 0.25) is 5.02 Å². The fraction of sp³-hybridized carbons (Fsp3) is 0.316. The lowest BCUT2D eigenvalue weighted by atomic mass is 9.76. The van der Waals surface area contributed by atoms with Crippen LogP contribution in [-0.4, -0.2) is 30.2 Å². The van der Waals surface area contributed by atoms with Gasteiger partial charge in [-0.1, -0.05) is 35.9 Å². The zero-order valence-corrected chi connectivity index (χ0v) is 14.1. The van der Waals surface area contributed by atoms with E-state index in [1.54, 1.807) is 6.07 Å². The van der Waals surface area contributed by atoms with Crippen molar-refractivity contribution in [3.05, 3.63) is 64.7 Å². The molecule has 5 heteroatoms. The van der Waals surface area contributed by atoms with Gasteiger partial charge in [-0.2, -0.15) is 0 Å². The summed E-state index contributed by atoms with van der Waals surface area (Å²) in [7, 11) is 0. The van der Waals surface area contributed by atoms with Crippen LogP contribution in [0.4, 0.5) is 5.69 Å². The van der Waals surface area contributed by atoms with Gasteiger partial charge in [-0.15, -0.1) is 0 Å². The zero-order valence-electron chi connectivity index (χ0n) is 13.3. The summed E-state index contributed by atoms with van der Waals surface area (Å²) in [5.74, 6) is 0.322. The van der Waals surface area contributed by atoms with Gasteiger partial charge in [-0.25, -0.2) is 0 Å². The second kappa shape index (κ2) is 7.69. The van der Waals surface area contributed by atoms with E-state index >= 15 is 0 Å². The Morgan fingerprint density at radius 3 is 2.71 bits per heavy atom. The smallest absolute Gasteiger partial charge is 0.251 e. The molecule has 126 valence electrons. The Hall–Kier alpha value is -2.04. The summed E-state index contributed by atoms with van der Waals surface area (Å²) >= 11 is 6.25. The van der Waals surface area contributed by atoms with Crippen molar-refractivity contribution < 1.29 is 9.90 Å². The molecule has 0 unspecified atom stereocenters. The van der Waals surface area contributed by atoms with E-state index in [1.807, 2.05) is 36.4 Å². The van der Waals surface area contributed by atoms with Gasteiger partial charge >= 0.3 is 0 Å². The number of rotatable bonds is 6. The second-order valence-corrected chi connectivity index (χ2v) is 6.50. The fourth-order valence-electron chi connectivity index (χ4n) is 3.05. The first-order chi connectivity index (χ1) is 11.7. The monoisotopic (exact) mass is 344 g/mol. The number of hydrogen-bond acceptors (Lipinski definition) is 3. The van der Waals surface area contributed by atoms with Crippen LogP contribution in [0.3, 0.4) is 0 Å². The lowest BCUT2D eigenvalue weighted by molar-refractivity contribution is 0.0945. The molecule has 0 aliphatic heterocycles. The van der Waals surface area contributed by atoms with Gasteiger partial charge in [0, 0.05) is 28.9 Å². The molecule has 1 aliphatic rings. The second-order valence-electron chi connectivity index (χ2n) is 6.09. The van der Waals surface area contributed by atoms with Gasteiger partial charge < -0.3 is 15.7 Å². The Balaban J connectivity index is 1.56. The number of hydrogen-bond donors (Lipinski definition) is 3. The number of benzene rings is 2. The molecule has 3 rings (SSSR count). The highest BCUT2D eigenvalue weighted by Crippen LogP contribution is 2.41. The fourth-order valence-corrected chi connectivity index (χ4v) is 3.34. The minimum Gasteiger partial charge on any atom is -0.395 e. The van der Waals surface area contributed by atoms with E-state index in [-0.39, 0.29) is 19.1 Å². The molecule has 0 atom stereocenters. The first-order valence-electron chi connectivity index (χ1n) is 8.17. The van der Waals surface area contributed by atoms with Gasteiger partial charge in [0.15, 0.2) is 0 Å². The molecule has 1 amide bonds. The zero-order chi connectivity index (χ0) is 16.9. The Morgan fingerprint density at radius 2 is 1.96 bits per heavy atom. The minimum absolute atomic E-state index is 0.0603. The molecule has 4 nitrogen and oxygen atoms in total. The number of aliphatic hydroxyl groups excluding tert-OH is 1. The summed E-state index contributed by atoms with van der Waals surface area (Å²) in [6.45, 7) is 0.202. The number of amides is 1.